The van der Waals surface area contributed by atoms with E-state index in [1.807, 2.05) is 18.7 Å². The number of hydrogen-bond donors (Lipinski definition) is 1. The predicted octanol–water partition coefficient (Wildman–Crippen LogP) is 2.66. The number of carbonyl (C=O) groups is 1. The Hall–Kier alpha value is -0.780. The summed E-state index contributed by atoms with van der Waals surface area (Å²) >= 11 is 0. The average Bonchev–Trinajstić information content (AvgIpc) is 3.08. The smallest absolute Gasteiger partial charge is 0.225 e. The van der Waals surface area contributed by atoms with E-state index in [2.05, 4.69) is 29.2 Å². The first-order valence-corrected chi connectivity index (χ1v) is 8.90. The lowest BCUT2D eigenvalue weighted by atomic mass is 9.77. The summed E-state index contributed by atoms with van der Waals surface area (Å²) in [4.78, 5) is 14.9. The van der Waals surface area contributed by atoms with Crippen molar-refractivity contribution in [3.05, 3.63) is 17.0 Å². The number of rotatable bonds is 3. The third kappa shape index (κ3) is 4.50. The first kappa shape index (κ1) is 22.3. The number of aromatic nitrogens is 2. The maximum atomic E-state index is 12.8. The number of amides is 1. The van der Waals surface area contributed by atoms with Gasteiger partial charge in [-0.1, -0.05) is 6.92 Å². The van der Waals surface area contributed by atoms with Gasteiger partial charge in [-0.15, -0.1) is 24.8 Å². The van der Waals surface area contributed by atoms with Gasteiger partial charge >= 0.3 is 0 Å². The van der Waals surface area contributed by atoms with Crippen LogP contribution in [0.1, 0.15) is 43.1 Å². The number of nitrogens with one attached hydrogen (secondary N) is 1. The lowest BCUT2D eigenvalue weighted by molar-refractivity contribution is -0.137. The largest absolute Gasteiger partial charge is 0.342 e. The number of aryl methyl sites for hydroxylation is 2. The fourth-order valence-electron chi connectivity index (χ4n) is 4.24. The van der Waals surface area contributed by atoms with Crippen LogP contribution in [-0.4, -0.2) is 46.8 Å². The van der Waals surface area contributed by atoms with Gasteiger partial charge in [-0.05, 0) is 57.1 Å². The second kappa shape index (κ2) is 8.74. The summed E-state index contributed by atoms with van der Waals surface area (Å²) in [6.45, 7) is 10.3. The molecule has 1 amide bonds. The summed E-state index contributed by atoms with van der Waals surface area (Å²) in [5, 5.41) is 7.95. The monoisotopic (exact) mass is 390 g/mol. The molecular weight excluding hydrogens is 359 g/mol. The lowest BCUT2D eigenvalue weighted by Gasteiger charge is -2.39. The van der Waals surface area contributed by atoms with Gasteiger partial charge in [0, 0.05) is 38.3 Å². The first-order valence-electron chi connectivity index (χ1n) is 8.90. The minimum Gasteiger partial charge on any atom is -0.342 e. The minimum atomic E-state index is 0. The van der Waals surface area contributed by atoms with Crippen LogP contribution in [0.2, 0.25) is 0 Å². The zero-order chi connectivity index (χ0) is 16.6. The molecule has 2 saturated heterocycles. The van der Waals surface area contributed by atoms with Gasteiger partial charge in [-0.3, -0.25) is 9.48 Å². The van der Waals surface area contributed by atoms with Gasteiger partial charge in [-0.25, -0.2) is 0 Å². The van der Waals surface area contributed by atoms with E-state index in [4.69, 9.17) is 0 Å². The van der Waals surface area contributed by atoms with Crippen molar-refractivity contribution in [2.45, 2.75) is 46.5 Å². The molecule has 1 spiro atoms. The summed E-state index contributed by atoms with van der Waals surface area (Å²) < 4.78 is 1.92. The molecule has 7 heteroatoms. The van der Waals surface area contributed by atoms with Crippen molar-refractivity contribution >= 4 is 30.7 Å². The fourth-order valence-corrected chi connectivity index (χ4v) is 4.24. The molecule has 3 rings (SSSR count). The summed E-state index contributed by atoms with van der Waals surface area (Å²) in [6, 6.07) is 0. The summed E-state index contributed by atoms with van der Waals surface area (Å²) in [6.07, 6.45) is 4.39. The predicted molar refractivity (Wildman–Crippen MR) is 106 cm³/mol. The van der Waals surface area contributed by atoms with Gasteiger partial charge in [-0.2, -0.15) is 5.10 Å². The quantitative estimate of drug-likeness (QED) is 0.862. The van der Waals surface area contributed by atoms with E-state index in [-0.39, 0.29) is 30.7 Å². The van der Waals surface area contributed by atoms with Crippen LogP contribution in [0, 0.1) is 25.2 Å². The number of piperidine rings is 1. The van der Waals surface area contributed by atoms with E-state index in [0.717, 1.165) is 51.1 Å². The van der Waals surface area contributed by atoms with Crippen LogP contribution in [0.25, 0.3) is 0 Å². The molecular formula is C18H32Cl2N4O. The van der Waals surface area contributed by atoms with Crippen LogP contribution in [0.3, 0.4) is 0 Å². The molecule has 2 aliphatic heterocycles. The van der Waals surface area contributed by atoms with E-state index in [1.165, 1.54) is 17.7 Å². The van der Waals surface area contributed by atoms with Crippen molar-refractivity contribution in [1.82, 2.24) is 20.0 Å². The van der Waals surface area contributed by atoms with E-state index in [1.54, 1.807) is 0 Å². The highest BCUT2D eigenvalue weighted by molar-refractivity contribution is 5.85. The average molecular weight is 391 g/mol. The van der Waals surface area contributed by atoms with Crippen molar-refractivity contribution < 1.29 is 4.79 Å². The molecule has 0 bridgehead atoms. The highest BCUT2D eigenvalue weighted by Gasteiger charge is 2.38. The molecule has 2 aliphatic rings. The Balaban J connectivity index is 0.00000156. The number of halogens is 2. The van der Waals surface area contributed by atoms with E-state index in [9.17, 15) is 4.79 Å². The van der Waals surface area contributed by atoms with Crippen LogP contribution in [0.5, 0.6) is 0 Å². The SMILES string of the molecule is Cc1nn(C)c(C)c1CC(C)C(=O)N1CCC2(CCNC2)CC1.Cl.Cl. The standard InChI is InChI=1S/C18H30N4O.2ClH/c1-13(11-16-14(2)20-21(4)15(16)3)17(23)22-9-6-18(7-10-22)5-8-19-12-18;;/h13,19H,5-12H2,1-4H3;2*1H. The Kier molecular flexibility index (Phi) is 7.78. The zero-order valence-electron chi connectivity index (χ0n) is 15.8. The second-order valence-corrected chi connectivity index (χ2v) is 7.63. The lowest BCUT2D eigenvalue weighted by Crippen LogP contribution is -2.46. The van der Waals surface area contributed by atoms with Gasteiger partial charge in [0.05, 0.1) is 5.69 Å². The van der Waals surface area contributed by atoms with Gasteiger partial charge in [0.15, 0.2) is 0 Å². The molecule has 0 aliphatic carbocycles. The van der Waals surface area contributed by atoms with Crippen molar-refractivity contribution in [2.75, 3.05) is 26.2 Å². The molecule has 144 valence electrons. The van der Waals surface area contributed by atoms with Crippen molar-refractivity contribution in [1.29, 1.82) is 0 Å². The van der Waals surface area contributed by atoms with Gasteiger partial charge in [0.25, 0.3) is 0 Å². The molecule has 0 saturated carbocycles. The Morgan fingerprint density at radius 2 is 1.88 bits per heavy atom. The molecule has 1 aromatic rings. The zero-order valence-corrected chi connectivity index (χ0v) is 17.4. The van der Waals surface area contributed by atoms with Crippen LogP contribution in [-0.2, 0) is 18.3 Å². The molecule has 5 nitrogen and oxygen atoms in total. The number of likely N-dealkylation sites (tertiary alicyclic amines) is 1. The summed E-state index contributed by atoms with van der Waals surface area (Å²) in [5.74, 6) is 0.348. The highest BCUT2D eigenvalue weighted by atomic mass is 35.5. The first-order chi connectivity index (χ1) is 10.9. The Morgan fingerprint density at radius 1 is 1.24 bits per heavy atom. The van der Waals surface area contributed by atoms with Crippen molar-refractivity contribution in [3.63, 3.8) is 0 Å². The van der Waals surface area contributed by atoms with Crippen molar-refractivity contribution in [2.24, 2.45) is 18.4 Å². The Bertz CT molecular complexity index is 586. The normalized spacial score (nSPS) is 20.1. The number of carbonyl (C=O) groups excluding carboxylic acids is 1. The van der Waals surface area contributed by atoms with Gasteiger partial charge in [0.1, 0.15) is 0 Å². The third-order valence-electron chi connectivity index (χ3n) is 6.06. The molecule has 1 atom stereocenters. The van der Waals surface area contributed by atoms with Crippen LogP contribution in [0.15, 0.2) is 0 Å². The molecule has 2 fully saturated rings. The van der Waals surface area contributed by atoms with Crippen LogP contribution < -0.4 is 5.32 Å². The topological polar surface area (TPSA) is 50.2 Å². The molecule has 1 N–H and O–H groups in total. The molecule has 1 unspecified atom stereocenters. The highest BCUT2D eigenvalue weighted by Crippen LogP contribution is 2.37. The second-order valence-electron chi connectivity index (χ2n) is 7.63. The maximum absolute atomic E-state index is 12.8. The molecule has 1 aromatic heterocycles. The Morgan fingerprint density at radius 3 is 2.36 bits per heavy atom. The number of hydrogen-bond acceptors (Lipinski definition) is 3. The van der Waals surface area contributed by atoms with Crippen LogP contribution in [0.4, 0.5) is 0 Å². The fraction of sp³-hybridized carbons (Fsp3) is 0.778. The summed E-state index contributed by atoms with van der Waals surface area (Å²) in [7, 11) is 1.97. The van der Waals surface area contributed by atoms with Gasteiger partial charge in [0.2, 0.25) is 5.91 Å². The van der Waals surface area contributed by atoms with Crippen molar-refractivity contribution in [3.8, 4) is 0 Å². The van der Waals surface area contributed by atoms with E-state index in [0.29, 0.717) is 11.3 Å². The maximum Gasteiger partial charge on any atom is 0.225 e. The molecule has 25 heavy (non-hydrogen) atoms. The summed E-state index contributed by atoms with van der Waals surface area (Å²) in [5.41, 5.74) is 3.94. The van der Waals surface area contributed by atoms with E-state index >= 15 is 0 Å². The third-order valence-corrected chi connectivity index (χ3v) is 6.06. The van der Waals surface area contributed by atoms with Crippen LogP contribution >= 0.6 is 24.8 Å². The molecule has 0 radical (unpaired) electrons. The van der Waals surface area contributed by atoms with E-state index < -0.39 is 0 Å². The van der Waals surface area contributed by atoms with Gasteiger partial charge < -0.3 is 10.2 Å². The number of nitrogens with zero attached hydrogens (tertiary/aromatic N) is 3. The molecule has 0 aromatic carbocycles. The minimum absolute atomic E-state index is 0. The Labute approximate surface area is 163 Å². The molecule has 3 heterocycles.